The van der Waals surface area contributed by atoms with Crippen molar-refractivity contribution >= 4 is 17.2 Å². The molecule has 0 radical (unpaired) electrons. The molecule has 1 aliphatic heterocycles. The molecule has 0 amide bonds. The maximum absolute atomic E-state index is 13.2. The molecule has 2 aliphatic rings. The molecule has 1 saturated carbocycles. The molecular weight excluding hydrogens is 422 g/mol. The van der Waals surface area contributed by atoms with Crippen molar-refractivity contribution in [1.82, 2.24) is 8.94 Å². The summed E-state index contributed by atoms with van der Waals surface area (Å²) >= 11 is 1.43. The summed E-state index contributed by atoms with van der Waals surface area (Å²) in [5.74, 6) is 2.60. The minimum absolute atomic E-state index is 0.0588. The van der Waals surface area contributed by atoms with Gasteiger partial charge in [-0.25, -0.2) is 4.37 Å². The summed E-state index contributed by atoms with van der Waals surface area (Å²) in [7, 11) is 0. The van der Waals surface area contributed by atoms with Gasteiger partial charge in [0.2, 0.25) is 6.79 Å². The topological polar surface area (TPSA) is 65.4 Å². The van der Waals surface area contributed by atoms with Crippen molar-refractivity contribution in [3.63, 3.8) is 0 Å². The van der Waals surface area contributed by atoms with Crippen molar-refractivity contribution in [3.8, 4) is 22.6 Å². The van der Waals surface area contributed by atoms with Gasteiger partial charge in [-0.3, -0.25) is 4.79 Å². The zero-order chi connectivity index (χ0) is 22.1. The van der Waals surface area contributed by atoms with Crippen LogP contribution in [0.15, 0.2) is 46.8 Å². The van der Waals surface area contributed by atoms with E-state index in [0.29, 0.717) is 36.9 Å². The molecule has 1 fully saturated rings. The Labute approximate surface area is 192 Å². The van der Waals surface area contributed by atoms with E-state index in [-0.39, 0.29) is 5.56 Å². The molecule has 2 aromatic heterocycles. The van der Waals surface area contributed by atoms with Crippen LogP contribution in [0.5, 0.6) is 11.5 Å². The monoisotopic (exact) mass is 451 g/mol. The van der Waals surface area contributed by atoms with Crippen LogP contribution in [0.1, 0.15) is 51.0 Å². The average Bonchev–Trinajstić information content (AvgIpc) is 3.48. The normalized spacial score (nSPS) is 20.0. The molecule has 6 nitrogen and oxygen atoms in total. The van der Waals surface area contributed by atoms with Gasteiger partial charge in [-0.15, -0.1) is 0 Å². The molecule has 7 heteroatoms. The van der Waals surface area contributed by atoms with Crippen LogP contribution in [0.2, 0.25) is 0 Å². The summed E-state index contributed by atoms with van der Waals surface area (Å²) in [5.41, 5.74) is 4.17. The highest BCUT2D eigenvalue weighted by Crippen LogP contribution is 2.39. The number of rotatable bonds is 6. The van der Waals surface area contributed by atoms with Crippen LogP contribution in [0.25, 0.3) is 11.1 Å². The molecule has 0 spiro atoms. The molecular formula is C25H29N3O3S. The van der Waals surface area contributed by atoms with E-state index in [0.717, 1.165) is 48.3 Å². The Kier molecular flexibility index (Phi) is 5.91. The maximum atomic E-state index is 13.2. The van der Waals surface area contributed by atoms with Crippen molar-refractivity contribution in [2.45, 2.75) is 58.0 Å². The fourth-order valence-corrected chi connectivity index (χ4v) is 5.28. The van der Waals surface area contributed by atoms with Crippen molar-refractivity contribution in [3.05, 3.63) is 58.0 Å². The second-order valence-electron chi connectivity index (χ2n) is 9.21. The first-order valence-corrected chi connectivity index (χ1v) is 12.2. The van der Waals surface area contributed by atoms with E-state index in [1.54, 1.807) is 0 Å². The molecule has 0 atom stereocenters. The van der Waals surface area contributed by atoms with E-state index in [2.05, 4.69) is 35.7 Å². The molecule has 0 saturated heterocycles. The van der Waals surface area contributed by atoms with Crippen LogP contribution in [-0.2, 0) is 6.54 Å². The summed E-state index contributed by atoms with van der Waals surface area (Å²) in [4.78, 5) is 13.2. The SMILES string of the molecule is CC(C)Cn1cc(-c2cnsc2)cc(N[C@H]2CC[C@@H](c3ccc4c(c3)OCO4)CC2)c1=O. The van der Waals surface area contributed by atoms with Crippen LogP contribution in [0.4, 0.5) is 5.69 Å². The highest BCUT2D eigenvalue weighted by atomic mass is 32.1. The predicted octanol–water partition coefficient (Wildman–Crippen LogP) is 5.49. The highest BCUT2D eigenvalue weighted by molar-refractivity contribution is 7.03. The molecule has 3 aromatic rings. The number of benzene rings is 1. The summed E-state index contributed by atoms with van der Waals surface area (Å²) in [6.45, 7) is 5.28. The molecule has 1 aromatic carbocycles. The van der Waals surface area contributed by atoms with Gasteiger partial charge in [-0.1, -0.05) is 19.9 Å². The van der Waals surface area contributed by atoms with Gasteiger partial charge in [0.25, 0.3) is 5.56 Å². The third-order valence-electron chi connectivity index (χ3n) is 6.37. The minimum Gasteiger partial charge on any atom is -0.454 e. The molecule has 1 N–H and O–H groups in total. The van der Waals surface area contributed by atoms with Crippen LogP contribution < -0.4 is 20.3 Å². The van der Waals surface area contributed by atoms with Gasteiger partial charge < -0.3 is 19.4 Å². The molecule has 168 valence electrons. The number of nitrogens with zero attached hydrogens (tertiary/aromatic N) is 2. The van der Waals surface area contributed by atoms with Crippen LogP contribution in [-0.4, -0.2) is 21.8 Å². The van der Waals surface area contributed by atoms with Gasteiger partial charge >= 0.3 is 0 Å². The van der Waals surface area contributed by atoms with Gasteiger partial charge in [0, 0.05) is 41.5 Å². The summed E-state index contributed by atoms with van der Waals surface area (Å²) in [6.07, 6.45) is 8.08. The summed E-state index contributed by atoms with van der Waals surface area (Å²) in [6, 6.07) is 8.60. The quantitative estimate of drug-likeness (QED) is 0.536. The first-order chi connectivity index (χ1) is 15.6. The number of anilines is 1. The first kappa shape index (κ1) is 21.1. The second kappa shape index (κ2) is 8.98. The average molecular weight is 452 g/mol. The maximum Gasteiger partial charge on any atom is 0.273 e. The fraction of sp³-hybridized carbons (Fsp3) is 0.440. The molecule has 32 heavy (non-hydrogen) atoms. The third-order valence-corrected chi connectivity index (χ3v) is 6.95. The zero-order valence-electron chi connectivity index (χ0n) is 18.5. The Bertz CT molecular complexity index is 1130. The third kappa shape index (κ3) is 4.39. The second-order valence-corrected chi connectivity index (χ2v) is 9.87. The lowest BCUT2D eigenvalue weighted by molar-refractivity contribution is 0.174. The fourth-order valence-electron chi connectivity index (χ4n) is 4.73. The lowest BCUT2D eigenvalue weighted by Gasteiger charge is -2.30. The lowest BCUT2D eigenvalue weighted by Crippen LogP contribution is -2.31. The van der Waals surface area contributed by atoms with E-state index < -0.39 is 0 Å². The Morgan fingerprint density at radius 3 is 2.69 bits per heavy atom. The molecule has 0 bridgehead atoms. The lowest BCUT2D eigenvalue weighted by atomic mass is 9.81. The summed E-state index contributed by atoms with van der Waals surface area (Å²) < 4.78 is 17.1. The Hall–Kier alpha value is -2.80. The van der Waals surface area contributed by atoms with Gasteiger partial charge in [0.05, 0.1) is 0 Å². The van der Waals surface area contributed by atoms with E-state index in [1.807, 2.05) is 34.5 Å². The standard InChI is InChI=1S/C25H29N3O3S/c1-16(2)12-28-13-19(20-11-26-32-14-20)9-22(25(28)29)27-21-6-3-17(4-7-21)18-5-8-23-24(10-18)31-15-30-23/h5,8-11,13-14,16-17,21,27H,3-4,6-7,12,15H2,1-2H3/t17-,21+. The first-order valence-electron chi connectivity index (χ1n) is 11.4. The van der Waals surface area contributed by atoms with E-state index >= 15 is 0 Å². The highest BCUT2D eigenvalue weighted by Gasteiger charge is 2.25. The minimum atomic E-state index is 0.0588. The van der Waals surface area contributed by atoms with E-state index in [1.165, 1.54) is 17.1 Å². The zero-order valence-corrected chi connectivity index (χ0v) is 19.4. The van der Waals surface area contributed by atoms with Gasteiger partial charge in [0.1, 0.15) is 5.69 Å². The Morgan fingerprint density at radius 2 is 1.94 bits per heavy atom. The van der Waals surface area contributed by atoms with Gasteiger partial charge in [-0.2, -0.15) is 0 Å². The number of pyridine rings is 1. The van der Waals surface area contributed by atoms with Gasteiger partial charge in [0.15, 0.2) is 11.5 Å². The smallest absolute Gasteiger partial charge is 0.273 e. The molecule has 0 unspecified atom stereocenters. The molecule has 1 aliphatic carbocycles. The number of fused-ring (bicyclic) bond motifs is 1. The largest absolute Gasteiger partial charge is 0.454 e. The Morgan fingerprint density at radius 1 is 1.12 bits per heavy atom. The van der Waals surface area contributed by atoms with Crippen molar-refractivity contribution in [2.75, 3.05) is 12.1 Å². The van der Waals surface area contributed by atoms with E-state index in [4.69, 9.17) is 9.47 Å². The number of aromatic nitrogens is 2. The number of hydrogen-bond acceptors (Lipinski definition) is 6. The van der Waals surface area contributed by atoms with Crippen molar-refractivity contribution < 1.29 is 9.47 Å². The van der Waals surface area contributed by atoms with Crippen molar-refractivity contribution in [1.29, 1.82) is 0 Å². The number of nitrogens with one attached hydrogen (secondary N) is 1. The number of hydrogen-bond donors (Lipinski definition) is 1. The van der Waals surface area contributed by atoms with Crippen molar-refractivity contribution in [2.24, 2.45) is 5.92 Å². The van der Waals surface area contributed by atoms with Crippen LogP contribution in [0, 0.1) is 5.92 Å². The van der Waals surface area contributed by atoms with Gasteiger partial charge in [-0.05, 0) is 72.8 Å². The molecule has 5 rings (SSSR count). The summed E-state index contributed by atoms with van der Waals surface area (Å²) in [5, 5.41) is 5.61. The Balaban J connectivity index is 1.31. The molecule has 3 heterocycles. The van der Waals surface area contributed by atoms with Crippen LogP contribution >= 0.6 is 11.5 Å². The van der Waals surface area contributed by atoms with E-state index in [9.17, 15) is 4.79 Å². The van der Waals surface area contributed by atoms with Crippen LogP contribution in [0.3, 0.4) is 0 Å². The number of ether oxygens (including phenoxy) is 2. The predicted molar refractivity (Wildman–Crippen MR) is 128 cm³/mol.